The van der Waals surface area contributed by atoms with Gasteiger partial charge in [0.15, 0.2) is 11.4 Å². The van der Waals surface area contributed by atoms with Crippen LogP contribution in [0.2, 0.25) is 0 Å². The molecule has 0 amide bonds. The average molecular weight is 400 g/mol. The van der Waals surface area contributed by atoms with Gasteiger partial charge in [0.1, 0.15) is 5.76 Å². The van der Waals surface area contributed by atoms with Crippen LogP contribution in [0.5, 0.6) is 0 Å². The molecule has 0 fully saturated rings. The Balaban J connectivity index is 1.74. The SMILES string of the molecule is CN(C)/C=C1\C(=O)c2cnc3[nH]n(-c4ccccc4)c(=O)c3c2C[C@H]1c1ccco1. The first-order chi connectivity index (χ1) is 14.5. The van der Waals surface area contributed by atoms with E-state index in [4.69, 9.17) is 4.42 Å². The van der Waals surface area contributed by atoms with Crippen LogP contribution in [-0.2, 0) is 6.42 Å². The summed E-state index contributed by atoms with van der Waals surface area (Å²) >= 11 is 0. The van der Waals surface area contributed by atoms with Crippen molar-refractivity contribution < 1.29 is 9.21 Å². The number of nitrogens with zero attached hydrogens (tertiary/aromatic N) is 3. The summed E-state index contributed by atoms with van der Waals surface area (Å²) in [6.45, 7) is 0. The summed E-state index contributed by atoms with van der Waals surface area (Å²) in [4.78, 5) is 32.9. The van der Waals surface area contributed by atoms with Gasteiger partial charge in [-0.2, -0.15) is 0 Å². The fourth-order valence-electron chi connectivity index (χ4n) is 4.10. The number of ketones is 1. The predicted octanol–water partition coefficient (Wildman–Crippen LogP) is 3.27. The van der Waals surface area contributed by atoms with Gasteiger partial charge in [0, 0.05) is 37.6 Å². The molecule has 0 saturated heterocycles. The Bertz CT molecular complexity index is 1330. The Morgan fingerprint density at radius 2 is 1.97 bits per heavy atom. The molecule has 7 heteroatoms. The van der Waals surface area contributed by atoms with Crippen LogP contribution in [0.4, 0.5) is 0 Å². The first kappa shape index (κ1) is 18.2. The first-order valence-corrected chi connectivity index (χ1v) is 9.69. The lowest BCUT2D eigenvalue weighted by atomic mass is 9.78. The van der Waals surface area contributed by atoms with E-state index in [2.05, 4.69) is 10.1 Å². The molecule has 0 saturated carbocycles. The summed E-state index contributed by atoms with van der Waals surface area (Å²) in [5.41, 5.74) is 2.77. The van der Waals surface area contributed by atoms with E-state index in [1.165, 1.54) is 4.68 Å². The Morgan fingerprint density at radius 3 is 2.67 bits per heavy atom. The van der Waals surface area contributed by atoms with Crippen molar-refractivity contribution in [3.05, 3.63) is 93.9 Å². The smallest absolute Gasteiger partial charge is 0.281 e. The third kappa shape index (κ3) is 2.78. The predicted molar refractivity (Wildman–Crippen MR) is 113 cm³/mol. The molecule has 5 rings (SSSR count). The minimum Gasteiger partial charge on any atom is -0.469 e. The number of pyridine rings is 1. The van der Waals surface area contributed by atoms with Crippen molar-refractivity contribution in [1.82, 2.24) is 19.7 Å². The number of fused-ring (bicyclic) bond motifs is 3. The number of rotatable bonds is 3. The highest BCUT2D eigenvalue weighted by Gasteiger charge is 2.35. The van der Waals surface area contributed by atoms with Gasteiger partial charge in [0.2, 0.25) is 0 Å². The number of furan rings is 1. The van der Waals surface area contributed by atoms with E-state index in [9.17, 15) is 9.59 Å². The number of benzene rings is 1. The van der Waals surface area contributed by atoms with Gasteiger partial charge < -0.3 is 9.32 Å². The maximum absolute atomic E-state index is 13.4. The molecule has 4 aromatic rings. The number of Topliss-reactive ketones (excluding diaryl/α,β-unsaturated/α-hetero) is 1. The Labute approximate surface area is 172 Å². The molecule has 3 heterocycles. The molecule has 1 aromatic carbocycles. The molecule has 30 heavy (non-hydrogen) atoms. The molecule has 1 aliphatic carbocycles. The van der Waals surface area contributed by atoms with Crippen LogP contribution < -0.4 is 5.56 Å². The van der Waals surface area contributed by atoms with Crippen molar-refractivity contribution in [2.24, 2.45) is 0 Å². The summed E-state index contributed by atoms with van der Waals surface area (Å²) in [5, 5.41) is 3.52. The van der Waals surface area contributed by atoms with E-state index in [1.807, 2.05) is 67.7 Å². The van der Waals surface area contributed by atoms with E-state index in [-0.39, 0.29) is 17.3 Å². The molecule has 1 aliphatic rings. The molecule has 150 valence electrons. The quantitative estimate of drug-likeness (QED) is 0.534. The lowest BCUT2D eigenvalue weighted by Gasteiger charge is -2.26. The zero-order chi connectivity index (χ0) is 20.8. The highest BCUT2D eigenvalue weighted by molar-refractivity contribution is 6.13. The van der Waals surface area contributed by atoms with E-state index >= 15 is 0 Å². The number of aromatic amines is 1. The fourth-order valence-corrected chi connectivity index (χ4v) is 4.10. The van der Waals surface area contributed by atoms with Crippen molar-refractivity contribution >= 4 is 16.8 Å². The van der Waals surface area contributed by atoms with E-state index in [1.54, 1.807) is 12.5 Å². The monoisotopic (exact) mass is 400 g/mol. The summed E-state index contributed by atoms with van der Waals surface area (Å²) in [5.74, 6) is 0.297. The second-order valence-electron chi connectivity index (χ2n) is 7.61. The molecular weight excluding hydrogens is 380 g/mol. The molecule has 0 spiro atoms. The van der Waals surface area contributed by atoms with Crippen molar-refractivity contribution in [2.45, 2.75) is 12.3 Å². The van der Waals surface area contributed by atoms with E-state index in [0.29, 0.717) is 45.6 Å². The standard InChI is InChI=1S/C23H20N4O3/c1-26(2)13-18-15(19-9-6-10-30-19)11-16-17(21(18)28)12-24-22-20(16)23(29)27(25-22)14-7-4-3-5-8-14/h3-10,12-13,15H,11H2,1-2H3,(H,24,25)/b18-13-/t15-/m1/s1. The summed E-state index contributed by atoms with van der Waals surface area (Å²) in [6, 6.07) is 13.0. The van der Waals surface area contributed by atoms with Crippen LogP contribution in [-0.4, -0.2) is 39.5 Å². The van der Waals surface area contributed by atoms with Gasteiger partial charge in [-0.25, -0.2) is 9.67 Å². The zero-order valence-electron chi connectivity index (χ0n) is 16.6. The molecule has 1 N–H and O–H groups in total. The van der Waals surface area contributed by atoms with Gasteiger partial charge in [-0.05, 0) is 36.2 Å². The summed E-state index contributed by atoms with van der Waals surface area (Å²) < 4.78 is 7.11. The second-order valence-corrected chi connectivity index (χ2v) is 7.61. The number of H-pyrrole nitrogens is 1. The third-order valence-electron chi connectivity index (χ3n) is 5.41. The van der Waals surface area contributed by atoms with Crippen molar-refractivity contribution in [1.29, 1.82) is 0 Å². The van der Waals surface area contributed by atoms with Crippen molar-refractivity contribution in [3.8, 4) is 5.69 Å². The van der Waals surface area contributed by atoms with E-state index in [0.717, 1.165) is 0 Å². The van der Waals surface area contributed by atoms with Gasteiger partial charge in [-0.15, -0.1) is 0 Å². The maximum atomic E-state index is 13.4. The third-order valence-corrected chi connectivity index (χ3v) is 5.41. The lowest BCUT2D eigenvalue weighted by molar-refractivity contribution is 0.101. The topological polar surface area (TPSA) is 84.1 Å². The molecular formula is C23H20N4O3. The number of hydrogen-bond donors (Lipinski definition) is 1. The number of hydrogen-bond acceptors (Lipinski definition) is 5. The molecule has 0 bridgehead atoms. The van der Waals surface area contributed by atoms with Crippen molar-refractivity contribution in [3.63, 3.8) is 0 Å². The Morgan fingerprint density at radius 1 is 1.17 bits per heavy atom. The number of aromatic nitrogens is 3. The Kier molecular flexibility index (Phi) is 4.17. The van der Waals surface area contributed by atoms with Crippen LogP contribution in [0, 0.1) is 0 Å². The minimum atomic E-state index is -0.271. The normalized spacial score (nSPS) is 17.5. The number of para-hydroxylation sites is 1. The number of carbonyl (C=O) groups is 1. The largest absolute Gasteiger partial charge is 0.469 e. The molecule has 0 radical (unpaired) electrons. The van der Waals surface area contributed by atoms with Crippen LogP contribution in [0.15, 0.2) is 75.9 Å². The minimum absolute atomic E-state index is 0.132. The van der Waals surface area contributed by atoms with Gasteiger partial charge in [0.25, 0.3) is 5.56 Å². The van der Waals surface area contributed by atoms with Gasteiger partial charge in [-0.3, -0.25) is 14.7 Å². The second kappa shape index (κ2) is 6.88. The van der Waals surface area contributed by atoms with Crippen LogP contribution in [0.25, 0.3) is 16.7 Å². The summed E-state index contributed by atoms with van der Waals surface area (Å²) in [7, 11) is 3.75. The maximum Gasteiger partial charge on any atom is 0.281 e. The number of allylic oxidation sites excluding steroid dienone is 1. The first-order valence-electron chi connectivity index (χ1n) is 9.69. The number of carbonyl (C=O) groups excluding carboxylic acids is 1. The molecule has 7 nitrogen and oxygen atoms in total. The summed E-state index contributed by atoms with van der Waals surface area (Å²) in [6.07, 6.45) is 5.47. The Hall–Kier alpha value is -3.87. The average Bonchev–Trinajstić information content (AvgIpc) is 3.39. The highest BCUT2D eigenvalue weighted by atomic mass is 16.3. The van der Waals surface area contributed by atoms with Gasteiger partial charge in [-0.1, -0.05) is 18.2 Å². The molecule has 1 atom stereocenters. The zero-order valence-corrected chi connectivity index (χ0v) is 16.6. The van der Waals surface area contributed by atoms with E-state index < -0.39 is 0 Å². The highest BCUT2D eigenvalue weighted by Crippen LogP contribution is 2.38. The fraction of sp³-hybridized carbons (Fsp3) is 0.174. The lowest BCUT2D eigenvalue weighted by Crippen LogP contribution is -2.25. The molecule has 0 unspecified atom stereocenters. The molecule has 3 aromatic heterocycles. The van der Waals surface area contributed by atoms with Crippen LogP contribution in [0.1, 0.15) is 27.6 Å². The number of nitrogens with one attached hydrogen (secondary N) is 1. The van der Waals surface area contributed by atoms with Crippen molar-refractivity contribution in [2.75, 3.05) is 14.1 Å². The van der Waals surface area contributed by atoms with Crippen LogP contribution >= 0.6 is 0 Å². The van der Waals surface area contributed by atoms with Gasteiger partial charge >= 0.3 is 0 Å². The molecule has 0 aliphatic heterocycles. The van der Waals surface area contributed by atoms with Crippen LogP contribution in [0.3, 0.4) is 0 Å². The van der Waals surface area contributed by atoms with Gasteiger partial charge in [0.05, 0.1) is 23.3 Å².